The van der Waals surface area contributed by atoms with Gasteiger partial charge in [-0.1, -0.05) is 43.4 Å². The van der Waals surface area contributed by atoms with Crippen LogP contribution in [-0.4, -0.2) is 22.0 Å². The van der Waals surface area contributed by atoms with Gasteiger partial charge in [0, 0.05) is 5.56 Å². The van der Waals surface area contributed by atoms with E-state index in [1.54, 1.807) is 24.3 Å². The number of carbonyl (C=O) groups is 2. The summed E-state index contributed by atoms with van der Waals surface area (Å²) >= 11 is 0.976. The Kier molecular flexibility index (Phi) is 4.14. The number of amides is 1. The van der Waals surface area contributed by atoms with Gasteiger partial charge < -0.3 is 5.11 Å². The van der Waals surface area contributed by atoms with Crippen LogP contribution in [0.3, 0.4) is 0 Å². The molecule has 0 aliphatic rings. The number of thiazole rings is 1. The second-order valence-corrected chi connectivity index (χ2v) is 5.51. The normalized spacial score (nSPS) is 10.6. The van der Waals surface area contributed by atoms with Crippen molar-refractivity contribution >= 4 is 28.3 Å². The van der Waals surface area contributed by atoms with Crippen LogP contribution in [-0.2, 0) is 0 Å². The van der Waals surface area contributed by atoms with E-state index in [1.807, 2.05) is 19.9 Å². The predicted octanol–water partition coefficient (Wildman–Crippen LogP) is 3.22. The Morgan fingerprint density at radius 1 is 1.25 bits per heavy atom. The molecule has 0 unspecified atom stereocenters. The predicted molar refractivity (Wildman–Crippen MR) is 77.6 cm³/mol. The summed E-state index contributed by atoms with van der Waals surface area (Å²) in [5, 5.41) is 12.1. The highest BCUT2D eigenvalue weighted by Crippen LogP contribution is 2.28. The molecular formula is C14H14N2O3S. The van der Waals surface area contributed by atoms with Crippen molar-refractivity contribution in [2.45, 2.75) is 19.8 Å². The zero-order valence-corrected chi connectivity index (χ0v) is 11.9. The van der Waals surface area contributed by atoms with Gasteiger partial charge in [-0.2, -0.15) is 0 Å². The second kappa shape index (κ2) is 5.83. The van der Waals surface area contributed by atoms with Gasteiger partial charge in [0.15, 0.2) is 5.13 Å². The molecule has 0 aliphatic carbocycles. The van der Waals surface area contributed by atoms with Crippen LogP contribution in [0.5, 0.6) is 0 Å². The first-order valence-corrected chi connectivity index (χ1v) is 6.91. The van der Waals surface area contributed by atoms with E-state index in [0.29, 0.717) is 16.4 Å². The highest BCUT2D eigenvalue weighted by Gasteiger charge is 2.20. The van der Waals surface area contributed by atoms with Crippen LogP contribution in [0.1, 0.15) is 45.5 Å². The number of carbonyl (C=O) groups excluding carboxylic acids is 1. The van der Waals surface area contributed by atoms with Gasteiger partial charge >= 0.3 is 5.97 Å². The number of carboxylic acids is 1. The van der Waals surface area contributed by atoms with Gasteiger partial charge in [-0.05, 0) is 18.1 Å². The zero-order valence-electron chi connectivity index (χ0n) is 11.1. The van der Waals surface area contributed by atoms with Gasteiger partial charge in [-0.15, -0.1) is 0 Å². The summed E-state index contributed by atoms with van der Waals surface area (Å²) in [6.45, 7) is 3.73. The third-order valence-electron chi connectivity index (χ3n) is 2.65. The number of aromatic carboxylic acids is 1. The Morgan fingerprint density at radius 3 is 2.40 bits per heavy atom. The number of benzene rings is 1. The molecule has 2 aromatic rings. The fourth-order valence-corrected chi connectivity index (χ4v) is 2.64. The molecule has 2 N–H and O–H groups in total. The van der Waals surface area contributed by atoms with E-state index in [9.17, 15) is 9.59 Å². The van der Waals surface area contributed by atoms with Crippen molar-refractivity contribution in [3.05, 3.63) is 46.5 Å². The molecule has 5 nitrogen and oxygen atoms in total. The number of anilines is 1. The maximum atomic E-state index is 12.0. The molecule has 0 radical (unpaired) electrons. The summed E-state index contributed by atoms with van der Waals surface area (Å²) in [6, 6.07) is 8.71. The highest BCUT2D eigenvalue weighted by molar-refractivity contribution is 7.17. The summed E-state index contributed by atoms with van der Waals surface area (Å²) in [6.07, 6.45) is 0. The number of aromatic nitrogens is 1. The molecule has 0 saturated heterocycles. The maximum absolute atomic E-state index is 12.0. The van der Waals surface area contributed by atoms with Gasteiger partial charge in [0.1, 0.15) is 4.88 Å². The number of hydrogen-bond acceptors (Lipinski definition) is 4. The fourth-order valence-electron chi connectivity index (χ4n) is 1.69. The molecule has 0 atom stereocenters. The van der Waals surface area contributed by atoms with Crippen LogP contribution >= 0.6 is 11.3 Å². The van der Waals surface area contributed by atoms with Crippen molar-refractivity contribution in [2.75, 3.05) is 5.32 Å². The lowest BCUT2D eigenvalue weighted by Gasteiger charge is -2.01. The van der Waals surface area contributed by atoms with Crippen LogP contribution < -0.4 is 5.32 Å². The van der Waals surface area contributed by atoms with Gasteiger partial charge in [0.25, 0.3) is 5.91 Å². The number of carboxylic acid groups (broad SMARTS) is 1. The molecule has 0 fully saturated rings. The molecule has 1 aromatic heterocycles. The molecule has 0 spiro atoms. The largest absolute Gasteiger partial charge is 0.477 e. The van der Waals surface area contributed by atoms with Crippen molar-refractivity contribution in [1.29, 1.82) is 0 Å². The third kappa shape index (κ3) is 3.03. The molecule has 1 aromatic carbocycles. The van der Waals surface area contributed by atoms with E-state index in [2.05, 4.69) is 10.3 Å². The summed E-state index contributed by atoms with van der Waals surface area (Å²) in [7, 11) is 0. The molecule has 0 aliphatic heterocycles. The molecule has 2 rings (SSSR count). The van der Waals surface area contributed by atoms with E-state index in [4.69, 9.17) is 5.11 Å². The number of rotatable bonds is 4. The lowest BCUT2D eigenvalue weighted by Crippen LogP contribution is -2.11. The molecule has 20 heavy (non-hydrogen) atoms. The Balaban J connectivity index is 2.24. The van der Waals surface area contributed by atoms with Crippen LogP contribution in [0.2, 0.25) is 0 Å². The van der Waals surface area contributed by atoms with Crippen molar-refractivity contribution in [3.63, 3.8) is 0 Å². The maximum Gasteiger partial charge on any atom is 0.347 e. The van der Waals surface area contributed by atoms with Gasteiger partial charge in [-0.25, -0.2) is 9.78 Å². The Hall–Kier alpha value is -2.21. The minimum Gasteiger partial charge on any atom is -0.477 e. The second-order valence-electron chi connectivity index (χ2n) is 4.51. The van der Waals surface area contributed by atoms with Crippen molar-refractivity contribution in [1.82, 2.24) is 4.98 Å². The fraction of sp³-hybridized carbons (Fsp3) is 0.214. The molecular weight excluding hydrogens is 276 g/mol. The minimum absolute atomic E-state index is 0.0141. The van der Waals surface area contributed by atoms with Crippen LogP contribution in [0, 0.1) is 0 Å². The molecule has 1 amide bonds. The third-order valence-corrected chi connectivity index (χ3v) is 3.63. The van der Waals surface area contributed by atoms with E-state index in [0.717, 1.165) is 11.3 Å². The standard InChI is InChI=1S/C14H14N2O3S/c1-8(2)10-11(13(18)19)20-14(15-10)16-12(17)9-6-4-3-5-7-9/h3-8H,1-2H3,(H,18,19)(H,15,16,17). The number of nitrogens with zero attached hydrogens (tertiary/aromatic N) is 1. The SMILES string of the molecule is CC(C)c1nc(NC(=O)c2ccccc2)sc1C(=O)O. The van der Waals surface area contributed by atoms with E-state index >= 15 is 0 Å². The van der Waals surface area contributed by atoms with E-state index in [1.165, 1.54) is 0 Å². The number of nitrogens with one attached hydrogen (secondary N) is 1. The topological polar surface area (TPSA) is 79.3 Å². The minimum atomic E-state index is -1.02. The van der Waals surface area contributed by atoms with Crippen molar-refractivity contribution in [3.8, 4) is 0 Å². The number of hydrogen-bond donors (Lipinski definition) is 2. The van der Waals surface area contributed by atoms with E-state index in [-0.39, 0.29) is 16.7 Å². The molecule has 104 valence electrons. The molecule has 6 heteroatoms. The van der Waals surface area contributed by atoms with Crippen LogP contribution in [0.15, 0.2) is 30.3 Å². The van der Waals surface area contributed by atoms with Crippen molar-refractivity contribution < 1.29 is 14.7 Å². The van der Waals surface area contributed by atoms with Gasteiger partial charge in [0.2, 0.25) is 0 Å². The quantitative estimate of drug-likeness (QED) is 0.906. The Bertz CT molecular complexity index is 635. The van der Waals surface area contributed by atoms with E-state index < -0.39 is 5.97 Å². The molecule has 1 heterocycles. The average molecular weight is 290 g/mol. The lowest BCUT2D eigenvalue weighted by molar-refractivity contribution is 0.0700. The monoisotopic (exact) mass is 290 g/mol. The first-order chi connectivity index (χ1) is 9.49. The molecule has 0 bridgehead atoms. The zero-order chi connectivity index (χ0) is 14.7. The molecule has 0 saturated carbocycles. The van der Waals surface area contributed by atoms with Crippen molar-refractivity contribution in [2.24, 2.45) is 0 Å². The summed E-state index contributed by atoms with van der Waals surface area (Å²) in [5.41, 5.74) is 0.997. The van der Waals surface area contributed by atoms with Gasteiger partial charge in [0.05, 0.1) is 5.69 Å². The summed E-state index contributed by atoms with van der Waals surface area (Å²) in [5.74, 6) is -1.34. The van der Waals surface area contributed by atoms with Crippen LogP contribution in [0.4, 0.5) is 5.13 Å². The summed E-state index contributed by atoms with van der Waals surface area (Å²) in [4.78, 5) is 27.5. The first kappa shape index (κ1) is 14.2. The Morgan fingerprint density at radius 2 is 1.90 bits per heavy atom. The average Bonchev–Trinajstić information content (AvgIpc) is 2.84. The van der Waals surface area contributed by atoms with Crippen LogP contribution in [0.25, 0.3) is 0 Å². The van der Waals surface area contributed by atoms with Gasteiger partial charge in [-0.3, -0.25) is 10.1 Å². The highest BCUT2D eigenvalue weighted by atomic mass is 32.1. The first-order valence-electron chi connectivity index (χ1n) is 6.09. The Labute approximate surface area is 120 Å². The summed E-state index contributed by atoms with van der Waals surface area (Å²) < 4.78 is 0. The lowest BCUT2D eigenvalue weighted by atomic mass is 10.1. The smallest absolute Gasteiger partial charge is 0.347 e.